The van der Waals surface area contributed by atoms with Crippen molar-refractivity contribution in [3.8, 4) is 0 Å². The van der Waals surface area contributed by atoms with Gasteiger partial charge in [0.05, 0.1) is 11.0 Å². The van der Waals surface area contributed by atoms with Crippen LogP contribution >= 0.6 is 0 Å². The van der Waals surface area contributed by atoms with E-state index >= 15 is 0 Å². The number of rotatable bonds is 3. The number of nitrogens with one attached hydrogen (secondary N) is 2. The highest BCUT2D eigenvalue weighted by atomic mass is 16.2. The van der Waals surface area contributed by atoms with Crippen molar-refractivity contribution in [2.45, 2.75) is 13.5 Å². The molecule has 0 aliphatic heterocycles. The lowest BCUT2D eigenvalue weighted by Gasteiger charge is -2.01. The first-order valence-corrected chi connectivity index (χ1v) is 4.87. The van der Waals surface area contributed by atoms with Gasteiger partial charge in [0.2, 0.25) is 6.29 Å². The first-order valence-electron chi connectivity index (χ1n) is 4.87. The average Bonchev–Trinajstić information content (AvgIpc) is 2.65. The SMILES string of the molecule is Cc1nc2ccc(CNC(=O)C=O)cc2[nH]1. The Kier molecular flexibility index (Phi) is 2.68. The summed E-state index contributed by atoms with van der Waals surface area (Å²) in [6, 6.07) is 5.65. The van der Waals surface area contributed by atoms with Crippen LogP contribution in [0.5, 0.6) is 0 Å². The van der Waals surface area contributed by atoms with E-state index in [0.29, 0.717) is 6.54 Å². The number of aryl methyl sites for hydroxylation is 1. The van der Waals surface area contributed by atoms with E-state index < -0.39 is 5.91 Å². The largest absolute Gasteiger partial charge is 0.346 e. The highest BCUT2D eigenvalue weighted by molar-refractivity contribution is 6.23. The van der Waals surface area contributed by atoms with Crippen LogP contribution in [0.15, 0.2) is 18.2 Å². The monoisotopic (exact) mass is 217 g/mol. The summed E-state index contributed by atoms with van der Waals surface area (Å²) in [5.41, 5.74) is 2.74. The van der Waals surface area contributed by atoms with Gasteiger partial charge in [0.25, 0.3) is 5.91 Å². The fraction of sp³-hybridized carbons (Fsp3) is 0.182. The van der Waals surface area contributed by atoms with Gasteiger partial charge in [-0.05, 0) is 24.6 Å². The molecule has 1 aromatic carbocycles. The number of hydrogen-bond donors (Lipinski definition) is 2. The minimum absolute atomic E-state index is 0.263. The summed E-state index contributed by atoms with van der Waals surface area (Å²) < 4.78 is 0. The van der Waals surface area contributed by atoms with E-state index in [0.717, 1.165) is 22.4 Å². The van der Waals surface area contributed by atoms with Crippen LogP contribution in [0.4, 0.5) is 0 Å². The molecule has 0 aliphatic rings. The van der Waals surface area contributed by atoms with Crippen molar-refractivity contribution in [1.29, 1.82) is 0 Å². The summed E-state index contributed by atoms with van der Waals surface area (Å²) in [6.07, 6.45) is 0.263. The Labute approximate surface area is 91.9 Å². The summed E-state index contributed by atoms with van der Waals surface area (Å²) in [4.78, 5) is 28.2. The van der Waals surface area contributed by atoms with E-state index in [2.05, 4.69) is 15.3 Å². The molecule has 0 bridgehead atoms. The van der Waals surface area contributed by atoms with Gasteiger partial charge in [-0.1, -0.05) is 6.07 Å². The van der Waals surface area contributed by atoms with Crippen LogP contribution in [-0.4, -0.2) is 22.2 Å². The Morgan fingerprint density at radius 2 is 2.38 bits per heavy atom. The topological polar surface area (TPSA) is 74.8 Å². The van der Waals surface area contributed by atoms with Crippen LogP contribution in [0, 0.1) is 6.92 Å². The molecule has 16 heavy (non-hydrogen) atoms. The van der Waals surface area contributed by atoms with E-state index in [9.17, 15) is 9.59 Å². The van der Waals surface area contributed by atoms with Crippen molar-refractivity contribution in [2.75, 3.05) is 0 Å². The van der Waals surface area contributed by atoms with Gasteiger partial charge in [-0.25, -0.2) is 4.98 Å². The molecule has 0 fully saturated rings. The van der Waals surface area contributed by atoms with Crippen molar-refractivity contribution in [3.63, 3.8) is 0 Å². The molecule has 0 radical (unpaired) electrons. The van der Waals surface area contributed by atoms with Crippen molar-refractivity contribution < 1.29 is 9.59 Å². The molecule has 82 valence electrons. The van der Waals surface area contributed by atoms with Crippen LogP contribution in [0.1, 0.15) is 11.4 Å². The first-order chi connectivity index (χ1) is 7.69. The number of H-pyrrole nitrogens is 1. The molecule has 0 unspecified atom stereocenters. The van der Waals surface area contributed by atoms with Crippen LogP contribution in [0.25, 0.3) is 11.0 Å². The average molecular weight is 217 g/mol. The summed E-state index contributed by atoms with van der Waals surface area (Å²) >= 11 is 0. The van der Waals surface area contributed by atoms with Crippen molar-refractivity contribution in [3.05, 3.63) is 29.6 Å². The quantitative estimate of drug-likeness (QED) is 0.586. The van der Waals surface area contributed by atoms with E-state index in [1.807, 2.05) is 25.1 Å². The molecule has 5 heteroatoms. The first kappa shape index (κ1) is 10.4. The summed E-state index contributed by atoms with van der Waals surface area (Å²) in [7, 11) is 0. The Morgan fingerprint density at radius 3 is 3.12 bits per heavy atom. The number of nitrogens with zero attached hydrogens (tertiary/aromatic N) is 1. The van der Waals surface area contributed by atoms with Crippen molar-refractivity contribution in [2.24, 2.45) is 0 Å². The molecule has 1 heterocycles. The standard InChI is InChI=1S/C11H11N3O2/c1-7-13-9-3-2-8(4-10(9)14-7)5-12-11(16)6-15/h2-4,6H,5H2,1H3,(H,12,16)(H,13,14). The predicted molar refractivity (Wildman–Crippen MR) is 58.7 cm³/mol. The minimum Gasteiger partial charge on any atom is -0.346 e. The van der Waals surface area contributed by atoms with Crippen molar-refractivity contribution in [1.82, 2.24) is 15.3 Å². The molecule has 0 saturated heterocycles. The Bertz CT molecular complexity index is 545. The third-order valence-corrected chi connectivity index (χ3v) is 2.24. The molecule has 2 rings (SSSR count). The number of carbonyl (C=O) groups is 2. The van der Waals surface area contributed by atoms with Gasteiger partial charge in [-0.3, -0.25) is 9.59 Å². The normalized spacial score (nSPS) is 10.3. The third-order valence-electron chi connectivity index (χ3n) is 2.24. The molecule has 0 spiro atoms. The number of aldehydes is 1. The van der Waals surface area contributed by atoms with Crippen molar-refractivity contribution >= 4 is 23.2 Å². The number of aromatic amines is 1. The van der Waals surface area contributed by atoms with Gasteiger partial charge in [0, 0.05) is 6.54 Å². The Balaban J connectivity index is 2.19. The molecule has 0 saturated carbocycles. The second-order valence-electron chi connectivity index (χ2n) is 3.51. The third kappa shape index (κ3) is 2.08. The maximum Gasteiger partial charge on any atom is 0.284 e. The van der Waals surface area contributed by atoms with Crippen LogP contribution < -0.4 is 5.32 Å². The maximum atomic E-state index is 10.8. The van der Waals surface area contributed by atoms with Gasteiger partial charge < -0.3 is 10.3 Å². The second-order valence-corrected chi connectivity index (χ2v) is 3.51. The molecular formula is C11H11N3O2. The predicted octanol–water partition coefficient (Wildman–Crippen LogP) is 0.686. The van der Waals surface area contributed by atoms with Crippen LogP contribution in [0.3, 0.4) is 0 Å². The number of benzene rings is 1. The lowest BCUT2D eigenvalue weighted by molar-refractivity contribution is -0.131. The smallest absolute Gasteiger partial charge is 0.284 e. The van der Waals surface area contributed by atoms with Gasteiger partial charge in [-0.15, -0.1) is 0 Å². The molecule has 5 nitrogen and oxygen atoms in total. The molecule has 0 aliphatic carbocycles. The van der Waals surface area contributed by atoms with E-state index in [-0.39, 0.29) is 6.29 Å². The van der Waals surface area contributed by atoms with Gasteiger partial charge in [-0.2, -0.15) is 0 Å². The zero-order chi connectivity index (χ0) is 11.5. The number of aromatic nitrogens is 2. The number of hydrogen-bond acceptors (Lipinski definition) is 3. The van der Waals surface area contributed by atoms with E-state index in [1.165, 1.54) is 0 Å². The molecule has 1 aromatic heterocycles. The number of carbonyl (C=O) groups excluding carboxylic acids is 2. The summed E-state index contributed by atoms with van der Waals surface area (Å²) in [6.45, 7) is 2.22. The zero-order valence-corrected chi connectivity index (χ0v) is 8.78. The Morgan fingerprint density at radius 1 is 1.56 bits per heavy atom. The molecule has 0 atom stereocenters. The molecular weight excluding hydrogens is 206 g/mol. The van der Waals surface area contributed by atoms with Crippen LogP contribution in [-0.2, 0) is 16.1 Å². The number of fused-ring (bicyclic) bond motifs is 1. The molecule has 2 N–H and O–H groups in total. The van der Waals surface area contributed by atoms with Gasteiger partial charge in [0.1, 0.15) is 5.82 Å². The number of amides is 1. The van der Waals surface area contributed by atoms with Gasteiger partial charge >= 0.3 is 0 Å². The van der Waals surface area contributed by atoms with Gasteiger partial charge in [0.15, 0.2) is 0 Å². The number of imidazole rings is 1. The summed E-state index contributed by atoms with van der Waals surface area (Å²) in [5, 5.41) is 2.48. The lowest BCUT2D eigenvalue weighted by Crippen LogP contribution is -2.23. The van der Waals surface area contributed by atoms with Crippen LogP contribution in [0.2, 0.25) is 0 Å². The van der Waals surface area contributed by atoms with E-state index in [1.54, 1.807) is 0 Å². The maximum absolute atomic E-state index is 10.8. The fourth-order valence-electron chi connectivity index (χ4n) is 1.53. The lowest BCUT2D eigenvalue weighted by atomic mass is 10.2. The Hall–Kier alpha value is -2.17. The molecule has 1 amide bonds. The van der Waals surface area contributed by atoms with E-state index in [4.69, 9.17) is 0 Å². The minimum atomic E-state index is -0.610. The fourth-order valence-corrected chi connectivity index (χ4v) is 1.53. The zero-order valence-electron chi connectivity index (χ0n) is 8.78. The summed E-state index contributed by atoms with van der Waals surface area (Å²) in [5.74, 6) is 0.241. The second kappa shape index (κ2) is 4.14. The molecule has 2 aromatic rings. The highest BCUT2D eigenvalue weighted by Gasteiger charge is 2.02. The highest BCUT2D eigenvalue weighted by Crippen LogP contribution is 2.13.